The highest BCUT2D eigenvalue weighted by atomic mass is 16.2. The van der Waals surface area contributed by atoms with Crippen LogP contribution in [0.1, 0.15) is 39.3 Å². The van der Waals surface area contributed by atoms with Crippen molar-refractivity contribution in [1.29, 1.82) is 0 Å². The molecule has 0 fully saturated rings. The molecule has 0 atom stereocenters. The van der Waals surface area contributed by atoms with Gasteiger partial charge in [0, 0.05) is 38.8 Å². The van der Waals surface area contributed by atoms with Gasteiger partial charge in [-0.15, -0.1) is 0 Å². The Balaban J connectivity index is 2.44. The van der Waals surface area contributed by atoms with Crippen LogP contribution in [0.4, 0.5) is 0 Å². The lowest BCUT2D eigenvalue weighted by atomic mass is 10.3. The lowest BCUT2D eigenvalue weighted by molar-refractivity contribution is -0.131. The van der Waals surface area contributed by atoms with Crippen molar-refractivity contribution in [3.05, 3.63) is 18.2 Å². The monoisotopic (exact) mass is 266 g/mol. The zero-order valence-corrected chi connectivity index (χ0v) is 12.4. The second kappa shape index (κ2) is 8.69. The van der Waals surface area contributed by atoms with Gasteiger partial charge in [0.25, 0.3) is 0 Å². The summed E-state index contributed by atoms with van der Waals surface area (Å²) < 4.78 is 2.06. The number of hydrogen-bond donors (Lipinski definition) is 1. The summed E-state index contributed by atoms with van der Waals surface area (Å²) in [6.07, 6.45) is 5.33. The van der Waals surface area contributed by atoms with E-state index in [0.717, 1.165) is 38.3 Å². The van der Waals surface area contributed by atoms with Crippen LogP contribution >= 0.6 is 0 Å². The average molecular weight is 266 g/mol. The van der Waals surface area contributed by atoms with E-state index in [9.17, 15) is 4.79 Å². The molecule has 0 saturated carbocycles. The number of aromatic nitrogens is 2. The minimum atomic E-state index is 0.214. The molecule has 5 heteroatoms. The fraction of sp³-hybridized carbons (Fsp3) is 0.714. The number of aryl methyl sites for hydroxylation is 1. The van der Waals surface area contributed by atoms with Crippen molar-refractivity contribution >= 4 is 5.91 Å². The summed E-state index contributed by atoms with van der Waals surface area (Å²) in [4.78, 5) is 18.0. The third-order valence-corrected chi connectivity index (χ3v) is 3.21. The Morgan fingerprint density at radius 1 is 1.37 bits per heavy atom. The predicted molar refractivity (Wildman–Crippen MR) is 76.8 cm³/mol. The van der Waals surface area contributed by atoms with Gasteiger partial charge in [-0.2, -0.15) is 0 Å². The average Bonchev–Trinajstić information content (AvgIpc) is 2.86. The zero-order valence-electron chi connectivity index (χ0n) is 12.4. The van der Waals surface area contributed by atoms with Crippen LogP contribution in [-0.2, 0) is 17.9 Å². The summed E-state index contributed by atoms with van der Waals surface area (Å²) in [5, 5.41) is 3.35. The number of imidazole rings is 1. The molecule has 0 aliphatic rings. The molecule has 1 aromatic rings. The molecule has 0 saturated heterocycles. The van der Waals surface area contributed by atoms with Gasteiger partial charge in [0.1, 0.15) is 0 Å². The molecule has 0 aliphatic carbocycles. The fourth-order valence-electron chi connectivity index (χ4n) is 2.04. The Labute approximate surface area is 116 Å². The number of hydrogen-bond acceptors (Lipinski definition) is 3. The van der Waals surface area contributed by atoms with E-state index in [1.54, 1.807) is 6.33 Å². The number of carbonyl (C=O) groups is 1. The normalized spacial score (nSPS) is 10.7. The molecule has 0 aromatic carbocycles. The molecule has 1 N–H and O–H groups in total. The Bertz CT molecular complexity index is 371. The van der Waals surface area contributed by atoms with E-state index in [4.69, 9.17) is 0 Å². The van der Waals surface area contributed by atoms with Gasteiger partial charge in [-0.3, -0.25) is 4.79 Å². The summed E-state index contributed by atoms with van der Waals surface area (Å²) in [7, 11) is 0. The Morgan fingerprint density at radius 3 is 2.74 bits per heavy atom. The molecule has 1 amide bonds. The van der Waals surface area contributed by atoms with Crippen LogP contribution in [0.5, 0.6) is 0 Å². The third-order valence-electron chi connectivity index (χ3n) is 3.21. The zero-order chi connectivity index (χ0) is 14.1. The molecule has 0 bridgehead atoms. The van der Waals surface area contributed by atoms with Gasteiger partial charge in [-0.1, -0.05) is 6.92 Å². The molecule has 0 spiro atoms. The van der Waals surface area contributed by atoms with Crippen LogP contribution in [0, 0.1) is 0 Å². The number of nitrogens with zero attached hydrogens (tertiary/aromatic N) is 3. The summed E-state index contributed by atoms with van der Waals surface area (Å²) in [5.41, 5.74) is 1.14. The van der Waals surface area contributed by atoms with Crippen molar-refractivity contribution in [3.63, 3.8) is 0 Å². The smallest absolute Gasteiger partial charge is 0.224 e. The number of rotatable bonds is 9. The first-order chi connectivity index (χ1) is 9.22. The molecular formula is C14H26N4O. The van der Waals surface area contributed by atoms with Gasteiger partial charge in [-0.25, -0.2) is 4.98 Å². The Morgan fingerprint density at radius 2 is 2.11 bits per heavy atom. The van der Waals surface area contributed by atoms with Gasteiger partial charge in [0.05, 0.1) is 12.0 Å². The topological polar surface area (TPSA) is 50.2 Å². The fourth-order valence-corrected chi connectivity index (χ4v) is 2.04. The summed E-state index contributed by atoms with van der Waals surface area (Å²) in [5.74, 6) is 0.214. The molecule has 1 rings (SSSR count). The summed E-state index contributed by atoms with van der Waals surface area (Å²) in [6, 6.07) is 0. The quantitative estimate of drug-likeness (QED) is 0.691. The van der Waals surface area contributed by atoms with Gasteiger partial charge >= 0.3 is 0 Å². The number of carbonyl (C=O) groups excluding carboxylic acids is 1. The molecule has 108 valence electrons. The van der Waals surface area contributed by atoms with Crippen LogP contribution in [0.25, 0.3) is 0 Å². The highest BCUT2D eigenvalue weighted by Crippen LogP contribution is 2.03. The van der Waals surface area contributed by atoms with Gasteiger partial charge in [0.15, 0.2) is 0 Å². The van der Waals surface area contributed by atoms with E-state index in [2.05, 4.69) is 21.8 Å². The van der Waals surface area contributed by atoms with Crippen molar-refractivity contribution in [2.24, 2.45) is 0 Å². The van der Waals surface area contributed by atoms with Crippen molar-refractivity contribution in [3.8, 4) is 0 Å². The Kier molecular flexibility index (Phi) is 7.18. The van der Waals surface area contributed by atoms with E-state index in [-0.39, 0.29) is 5.91 Å². The Hall–Kier alpha value is -1.36. The molecular weight excluding hydrogens is 240 g/mol. The van der Waals surface area contributed by atoms with E-state index in [0.29, 0.717) is 13.0 Å². The minimum absolute atomic E-state index is 0.214. The van der Waals surface area contributed by atoms with Crippen LogP contribution < -0.4 is 5.32 Å². The molecule has 0 aliphatic heterocycles. The molecule has 0 radical (unpaired) electrons. The second-order valence-electron chi connectivity index (χ2n) is 4.57. The minimum Gasteiger partial charge on any atom is -0.343 e. The van der Waals surface area contributed by atoms with Gasteiger partial charge < -0.3 is 14.8 Å². The lowest BCUT2D eigenvalue weighted by Crippen LogP contribution is -2.31. The molecule has 1 aromatic heterocycles. The first-order valence-electron chi connectivity index (χ1n) is 7.20. The van der Waals surface area contributed by atoms with E-state index in [1.807, 2.05) is 24.9 Å². The predicted octanol–water partition coefficient (Wildman–Crippen LogP) is 1.64. The summed E-state index contributed by atoms with van der Waals surface area (Å²) in [6.45, 7) is 10.3. The molecule has 5 nitrogen and oxygen atoms in total. The number of nitrogens with one attached hydrogen (secondary N) is 1. The van der Waals surface area contributed by atoms with Crippen LogP contribution in [0.2, 0.25) is 0 Å². The maximum atomic E-state index is 11.9. The first kappa shape index (κ1) is 15.7. The van der Waals surface area contributed by atoms with Crippen molar-refractivity contribution in [2.75, 3.05) is 19.6 Å². The standard InChI is InChI=1S/C14H26N4O/c1-4-8-15-10-13-11-16-12-18(13)9-7-14(19)17(5-2)6-3/h11-12,15H,4-10H2,1-3H3. The first-order valence-corrected chi connectivity index (χ1v) is 7.20. The lowest BCUT2D eigenvalue weighted by Gasteiger charge is -2.19. The van der Waals surface area contributed by atoms with E-state index in [1.165, 1.54) is 0 Å². The van der Waals surface area contributed by atoms with Crippen molar-refractivity contribution < 1.29 is 4.79 Å². The summed E-state index contributed by atoms with van der Waals surface area (Å²) >= 11 is 0. The van der Waals surface area contributed by atoms with Crippen LogP contribution in [-0.4, -0.2) is 40.0 Å². The van der Waals surface area contributed by atoms with E-state index < -0.39 is 0 Å². The maximum absolute atomic E-state index is 11.9. The molecule has 0 unspecified atom stereocenters. The SMILES string of the molecule is CCCNCc1cncn1CCC(=O)N(CC)CC. The van der Waals surface area contributed by atoms with Crippen molar-refractivity contribution in [1.82, 2.24) is 19.8 Å². The second-order valence-corrected chi connectivity index (χ2v) is 4.57. The highest BCUT2D eigenvalue weighted by Gasteiger charge is 2.10. The van der Waals surface area contributed by atoms with E-state index >= 15 is 0 Å². The highest BCUT2D eigenvalue weighted by molar-refractivity contribution is 5.76. The third kappa shape index (κ3) is 5.03. The largest absolute Gasteiger partial charge is 0.343 e. The van der Waals surface area contributed by atoms with Crippen molar-refractivity contribution in [2.45, 2.75) is 46.7 Å². The molecule has 19 heavy (non-hydrogen) atoms. The maximum Gasteiger partial charge on any atom is 0.224 e. The van der Waals surface area contributed by atoms with Gasteiger partial charge in [0.2, 0.25) is 5.91 Å². The van der Waals surface area contributed by atoms with Crippen LogP contribution in [0.3, 0.4) is 0 Å². The molecule has 1 heterocycles. The van der Waals surface area contributed by atoms with Crippen LogP contribution in [0.15, 0.2) is 12.5 Å². The van der Waals surface area contributed by atoms with Gasteiger partial charge in [-0.05, 0) is 26.8 Å². The number of amides is 1.